The minimum absolute atomic E-state index is 0.254. The molecule has 1 heterocycles. The van der Waals surface area contributed by atoms with Gasteiger partial charge in [-0.2, -0.15) is 0 Å². The van der Waals surface area contributed by atoms with Crippen molar-refractivity contribution in [3.63, 3.8) is 0 Å². The Balaban J connectivity index is 1.58. The number of amides is 2. The van der Waals surface area contributed by atoms with E-state index in [0.717, 1.165) is 36.1 Å². The molecular weight excluding hydrogens is 342 g/mol. The number of nitrogens with zero attached hydrogens (tertiary/aromatic N) is 1. The minimum atomic E-state index is -3.10. The number of alkyl halides is 2. The van der Waals surface area contributed by atoms with Gasteiger partial charge < -0.3 is 15.4 Å². The zero-order chi connectivity index (χ0) is 18.5. The van der Waals surface area contributed by atoms with Crippen LogP contribution in [0.15, 0.2) is 18.2 Å². The van der Waals surface area contributed by atoms with Gasteiger partial charge in [0.1, 0.15) is 11.8 Å². The van der Waals surface area contributed by atoms with Gasteiger partial charge in [-0.25, -0.2) is 8.78 Å². The Morgan fingerprint density at radius 1 is 1.23 bits per heavy atom. The summed E-state index contributed by atoms with van der Waals surface area (Å²) >= 11 is 0. The summed E-state index contributed by atoms with van der Waals surface area (Å²) < 4.78 is 33.4. The topological polar surface area (TPSA) is 72.6 Å². The number of halogens is 2. The average Bonchev–Trinajstić information content (AvgIpc) is 3.49. The number of carbonyl (C=O) groups is 2. The summed E-state index contributed by atoms with van der Waals surface area (Å²) in [5, 5.41) is 0. The van der Waals surface area contributed by atoms with Crippen molar-refractivity contribution in [1.82, 2.24) is 4.90 Å². The monoisotopic (exact) mass is 364 g/mol. The van der Waals surface area contributed by atoms with Gasteiger partial charge in [0.15, 0.2) is 0 Å². The average molecular weight is 364 g/mol. The molecule has 1 unspecified atom stereocenters. The molecule has 0 bridgehead atoms. The third kappa shape index (κ3) is 3.52. The van der Waals surface area contributed by atoms with E-state index < -0.39 is 36.7 Å². The summed E-state index contributed by atoms with van der Waals surface area (Å²) in [5.74, 6) is -2.94. The number of nitrogens with two attached hydrogens (primary N) is 1. The number of hydrogen-bond acceptors (Lipinski definition) is 3. The summed E-state index contributed by atoms with van der Waals surface area (Å²) in [6.45, 7) is -0.175. The summed E-state index contributed by atoms with van der Waals surface area (Å²) in [7, 11) is 0. The highest BCUT2D eigenvalue weighted by Gasteiger charge is 2.49. The molecule has 1 aromatic rings. The number of benzene rings is 1. The van der Waals surface area contributed by atoms with Gasteiger partial charge in [0.25, 0.3) is 11.8 Å². The van der Waals surface area contributed by atoms with Crippen LogP contribution in [0, 0.1) is 5.92 Å². The van der Waals surface area contributed by atoms with Crippen molar-refractivity contribution >= 4 is 11.8 Å². The molecule has 3 aliphatic rings. The number of rotatable bonds is 6. The maximum atomic E-state index is 13.7. The second kappa shape index (κ2) is 6.21. The molecule has 0 aromatic heterocycles. The fraction of sp³-hybridized carbons (Fsp3) is 0.579. The van der Waals surface area contributed by atoms with Crippen LogP contribution in [0.3, 0.4) is 0 Å². The van der Waals surface area contributed by atoms with Crippen LogP contribution in [-0.2, 0) is 4.79 Å². The van der Waals surface area contributed by atoms with E-state index in [4.69, 9.17) is 10.5 Å². The zero-order valence-corrected chi connectivity index (χ0v) is 14.4. The third-order valence-corrected chi connectivity index (χ3v) is 5.31. The largest absolute Gasteiger partial charge is 0.493 e. The zero-order valence-electron chi connectivity index (χ0n) is 14.4. The molecule has 140 valence electrons. The van der Waals surface area contributed by atoms with Gasteiger partial charge in [-0.3, -0.25) is 9.59 Å². The van der Waals surface area contributed by atoms with E-state index in [0.29, 0.717) is 24.2 Å². The molecule has 7 heteroatoms. The van der Waals surface area contributed by atoms with Crippen molar-refractivity contribution in [3.05, 3.63) is 29.3 Å². The molecule has 1 aliphatic heterocycles. The van der Waals surface area contributed by atoms with Crippen LogP contribution in [0.2, 0.25) is 0 Å². The molecule has 0 spiro atoms. The highest BCUT2D eigenvalue weighted by Crippen LogP contribution is 2.45. The Hall–Kier alpha value is -2.18. The van der Waals surface area contributed by atoms with Gasteiger partial charge in [-0.05, 0) is 55.2 Å². The first-order chi connectivity index (χ1) is 12.3. The summed E-state index contributed by atoms with van der Waals surface area (Å²) in [5.41, 5.74) is 6.55. The molecule has 4 rings (SSSR count). The van der Waals surface area contributed by atoms with E-state index in [1.54, 1.807) is 12.1 Å². The maximum absolute atomic E-state index is 13.7. The van der Waals surface area contributed by atoms with Crippen LogP contribution in [0.5, 0.6) is 5.75 Å². The van der Waals surface area contributed by atoms with E-state index in [-0.39, 0.29) is 5.56 Å². The molecule has 2 saturated carbocycles. The maximum Gasteiger partial charge on any atom is 0.267 e. The van der Waals surface area contributed by atoms with Gasteiger partial charge in [0.2, 0.25) is 5.91 Å². The van der Waals surface area contributed by atoms with Gasteiger partial charge in [-0.1, -0.05) is 6.07 Å². The molecule has 1 saturated heterocycles. The SMILES string of the molecule is NC(=O)C1CC(F)(F)CN1C(=O)c1ccc(C2CC2)c(OCC2CC2)c1. The molecule has 2 N–H and O–H groups in total. The Bertz CT molecular complexity index is 744. The van der Waals surface area contributed by atoms with Crippen molar-refractivity contribution in [2.45, 2.75) is 50.0 Å². The molecule has 3 fully saturated rings. The lowest BCUT2D eigenvalue weighted by molar-refractivity contribution is -0.121. The molecule has 26 heavy (non-hydrogen) atoms. The molecule has 5 nitrogen and oxygen atoms in total. The molecule has 1 atom stereocenters. The molecule has 1 aromatic carbocycles. The number of ether oxygens (including phenoxy) is 1. The lowest BCUT2D eigenvalue weighted by Gasteiger charge is -2.22. The van der Waals surface area contributed by atoms with E-state index in [1.807, 2.05) is 6.07 Å². The van der Waals surface area contributed by atoms with E-state index in [9.17, 15) is 18.4 Å². The summed E-state index contributed by atoms with van der Waals surface area (Å²) in [4.78, 5) is 25.2. The fourth-order valence-corrected chi connectivity index (χ4v) is 3.47. The van der Waals surface area contributed by atoms with Crippen molar-refractivity contribution in [1.29, 1.82) is 0 Å². The quantitative estimate of drug-likeness (QED) is 0.843. The third-order valence-electron chi connectivity index (χ3n) is 5.31. The van der Waals surface area contributed by atoms with Crippen LogP contribution >= 0.6 is 0 Å². The second-order valence-corrected chi connectivity index (χ2v) is 7.69. The first kappa shape index (κ1) is 17.2. The van der Waals surface area contributed by atoms with Crippen LogP contribution in [-0.4, -0.2) is 41.8 Å². The first-order valence-electron chi connectivity index (χ1n) is 9.09. The number of primary amides is 1. The minimum Gasteiger partial charge on any atom is -0.493 e. The first-order valence-corrected chi connectivity index (χ1v) is 9.09. The molecule has 0 radical (unpaired) electrons. The lowest BCUT2D eigenvalue weighted by Crippen LogP contribution is -2.43. The fourth-order valence-electron chi connectivity index (χ4n) is 3.47. The van der Waals surface area contributed by atoms with Crippen molar-refractivity contribution < 1.29 is 23.1 Å². The predicted octanol–water partition coefficient (Wildman–Crippen LogP) is 2.69. The van der Waals surface area contributed by atoms with Gasteiger partial charge in [0, 0.05) is 12.0 Å². The van der Waals surface area contributed by atoms with Gasteiger partial charge in [-0.15, -0.1) is 0 Å². The highest BCUT2D eigenvalue weighted by atomic mass is 19.3. The van der Waals surface area contributed by atoms with E-state index in [1.165, 1.54) is 0 Å². The van der Waals surface area contributed by atoms with Crippen molar-refractivity contribution in [3.8, 4) is 5.75 Å². The van der Waals surface area contributed by atoms with Crippen LogP contribution in [0.1, 0.15) is 53.9 Å². The highest BCUT2D eigenvalue weighted by molar-refractivity contribution is 5.98. The van der Waals surface area contributed by atoms with E-state index in [2.05, 4.69) is 0 Å². The van der Waals surface area contributed by atoms with Gasteiger partial charge in [0.05, 0.1) is 13.2 Å². The van der Waals surface area contributed by atoms with Crippen LogP contribution in [0.25, 0.3) is 0 Å². The normalized spacial score (nSPS) is 24.5. The smallest absolute Gasteiger partial charge is 0.267 e. The van der Waals surface area contributed by atoms with Gasteiger partial charge >= 0.3 is 0 Å². The summed E-state index contributed by atoms with van der Waals surface area (Å²) in [6, 6.07) is 3.83. The van der Waals surface area contributed by atoms with Crippen molar-refractivity contribution in [2.75, 3.05) is 13.2 Å². The Morgan fingerprint density at radius 3 is 2.58 bits per heavy atom. The van der Waals surface area contributed by atoms with Crippen molar-refractivity contribution in [2.24, 2.45) is 11.7 Å². The number of likely N-dealkylation sites (tertiary alicyclic amines) is 1. The number of hydrogen-bond donors (Lipinski definition) is 1. The Morgan fingerprint density at radius 2 is 1.96 bits per heavy atom. The van der Waals surface area contributed by atoms with Crippen LogP contribution < -0.4 is 10.5 Å². The van der Waals surface area contributed by atoms with Crippen LogP contribution in [0.4, 0.5) is 8.78 Å². The molecule has 2 aliphatic carbocycles. The Labute approximate surface area is 150 Å². The lowest BCUT2D eigenvalue weighted by atomic mass is 10.0. The Kier molecular flexibility index (Phi) is 4.12. The molecule has 2 amide bonds. The van der Waals surface area contributed by atoms with E-state index >= 15 is 0 Å². The molecular formula is C19H22F2N2O3. The standard InChI is InChI=1S/C19H22F2N2O3/c20-19(21)8-15(17(22)24)23(10-19)18(25)13-5-6-14(12-3-4-12)16(7-13)26-9-11-1-2-11/h5-7,11-12,15H,1-4,8-10H2,(H2,22,24). The second-order valence-electron chi connectivity index (χ2n) is 7.69. The number of carbonyl (C=O) groups excluding carboxylic acids is 2. The summed E-state index contributed by atoms with van der Waals surface area (Å²) in [6.07, 6.45) is 3.77. The predicted molar refractivity (Wildman–Crippen MR) is 90.2 cm³/mol.